The first-order chi connectivity index (χ1) is 23.8. The second kappa shape index (κ2) is 15.2. The van der Waals surface area contributed by atoms with Gasteiger partial charge in [-0.15, -0.1) is 5.10 Å². The summed E-state index contributed by atoms with van der Waals surface area (Å²) in [7, 11) is 1.54. The quantitative estimate of drug-likeness (QED) is 0.123. The molecule has 1 aliphatic heterocycles. The third kappa shape index (κ3) is 7.49. The topological polar surface area (TPSA) is 99.5 Å². The molecular weight excluding hydrogens is 688 g/mol. The third-order valence-corrected chi connectivity index (χ3v) is 9.37. The van der Waals surface area contributed by atoms with Crippen molar-refractivity contribution >= 4 is 52.5 Å². The van der Waals surface area contributed by atoms with Crippen LogP contribution in [-0.2, 0) is 17.2 Å². The van der Waals surface area contributed by atoms with Gasteiger partial charge in [-0.05, 0) is 67.4 Å². The zero-order valence-corrected chi connectivity index (χ0v) is 29.1. The summed E-state index contributed by atoms with van der Waals surface area (Å²) in [6.45, 7) is 3.89. The van der Waals surface area contributed by atoms with Gasteiger partial charge >= 0.3 is 0 Å². The maximum absolute atomic E-state index is 14.5. The van der Waals surface area contributed by atoms with E-state index in [1.165, 1.54) is 23.9 Å². The summed E-state index contributed by atoms with van der Waals surface area (Å²) >= 11 is 14.1. The Bertz CT molecular complexity index is 2020. The van der Waals surface area contributed by atoms with Gasteiger partial charge in [0.05, 0.1) is 30.0 Å². The highest BCUT2D eigenvalue weighted by Crippen LogP contribution is 2.41. The molecule has 0 saturated carbocycles. The summed E-state index contributed by atoms with van der Waals surface area (Å²) in [6, 6.07) is 23.9. The summed E-state index contributed by atoms with van der Waals surface area (Å²) in [4.78, 5) is 18.9. The lowest BCUT2D eigenvalue weighted by atomic mass is 9.94. The minimum absolute atomic E-state index is 0.108. The van der Waals surface area contributed by atoms with Crippen molar-refractivity contribution in [3.63, 3.8) is 0 Å². The number of hydrogen-bond donors (Lipinski definition) is 2. The van der Waals surface area contributed by atoms with Crippen LogP contribution in [0.15, 0.2) is 101 Å². The molecule has 0 saturated heterocycles. The maximum Gasteiger partial charge on any atom is 0.255 e. The Hall–Kier alpha value is -4.71. The van der Waals surface area contributed by atoms with Gasteiger partial charge in [-0.2, -0.15) is 4.98 Å². The Morgan fingerprint density at radius 3 is 2.53 bits per heavy atom. The van der Waals surface area contributed by atoms with Crippen LogP contribution < -0.4 is 24.8 Å². The number of carbonyl (C=O) groups is 1. The number of aromatic nitrogens is 3. The van der Waals surface area contributed by atoms with Gasteiger partial charge in [-0.1, -0.05) is 77.4 Å². The maximum atomic E-state index is 14.5. The van der Waals surface area contributed by atoms with Crippen molar-refractivity contribution in [2.75, 3.05) is 24.4 Å². The molecule has 1 unspecified atom stereocenters. The van der Waals surface area contributed by atoms with Gasteiger partial charge < -0.3 is 24.8 Å². The number of methoxy groups -OCH3 is 1. The number of fused-ring (bicyclic) bond motifs is 1. The number of hydrogen-bond acceptors (Lipinski definition) is 8. The Kier molecular flexibility index (Phi) is 10.6. The molecule has 0 fully saturated rings. The molecule has 6 rings (SSSR count). The minimum atomic E-state index is -0.720. The molecule has 5 aromatic rings. The third-order valence-electron chi connectivity index (χ3n) is 7.76. The fourth-order valence-electron chi connectivity index (χ4n) is 5.39. The molecule has 1 atom stereocenters. The van der Waals surface area contributed by atoms with Crippen molar-refractivity contribution < 1.29 is 23.4 Å². The number of allylic oxidation sites excluding steroid dienone is 1. The largest absolute Gasteiger partial charge is 0.495 e. The average Bonchev–Trinajstić information content (AvgIpc) is 3.50. The number of benzene rings is 4. The summed E-state index contributed by atoms with van der Waals surface area (Å²) in [5.41, 5.74) is 3.37. The lowest BCUT2D eigenvalue weighted by Crippen LogP contribution is -2.31. The van der Waals surface area contributed by atoms with Crippen molar-refractivity contribution in [1.82, 2.24) is 14.8 Å². The van der Waals surface area contributed by atoms with E-state index in [0.717, 1.165) is 5.56 Å². The number of rotatable bonds is 12. The molecule has 1 amide bonds. The molecule has 13 heteroatoms. The SMILES string of the molecule is CCOc1cc(C2C(C(=O)Nc3ccccc3OC)=C(C)Nc3nc(SCc4ccccc4Cl)nn32)ccc1OCc1c(F)cccc1Cl. The van der Waals surface area contributed by atoms with Gasteiger partial charge in [0.1, 0.15) is 24.2 Å². The van der Waals surface area contributed by atoms with E-state index in [0.29, 0.717) is 68.3 Å². The summed E-state index contributed by atoms with van der Waals surface area (Å²) in [6.07, 6.45) is 0. The highest BCUT2D eigenvalue weighted by Gasteiger charge is 2.35. The zero-order chi connectivity index (χ0) is 34.5. The standard InChI is InChI=1S/C36H32Cl2FN5O4S/c1-4-47-31-18-22(16-17-30(31)48-19-24-26(38)12-9-13-27(24)39)33-32(34(45)41-28-14-7-8-15-29(28)46-3)21(2)40-35-42-36(43-44(33)35)49-20-23-10-5-6-11-25(23)37/h5-18,33H,4,19-20H2,1-3H3,(H,41,45)(H,40,42,43). The van der Waals surface area contributed by atoms with E-state index in [2.05, 4.69) is 10.6 Å². The Morgan fingerprint density at radius 1 is 0.980 bits per heavy atom. The molecule has 1 aromatic heterocycles. The van der Waals surface area contributed by atoms with Crippen LogP contribution in [0.5, 0.6) is 17.2 Å². The summed E-state index contributed by atoms with van der Waals surface area (Å²) in [5, 5.41) is 12.5. The fourth-order valence-corrected chi connectivity index (χ4v) is 6.72. The number of halogens is 3. The monoisotopic (exact) mass is 719 g/mol. The Balaban J connectivity index is 1.38. The smallest absolute Gasteiger partial charge is 0.255 e. The molecule has 2 N–H and O–H groups in total. The number of ether oxygens (including phenoxy) is 3. The molecule has 1 aliphatic rings. The highest BCUT2D eigenvalue weighted by molar-refractivity contribution is 7.98. The van der Waals surface area contributed by atoms with Crippen LogP contribution in [0.4, 0.5) is 16.0 Å². The molecular formula is C36H32Cl2FN5O4S. The average molecular weight is 721 g/mol. The van der Waals surface area contributed by atoms with E-state index in [1.807, 2.05) is 56.3 Å². The molecule has 252 valence electrons. The second-order valence-corrected chi connectivity index (χ2v) is 12.6. The first kappa shape index (κ1) is 34.2. The number of para-hydroxylation sites is 2. The van der Waals surface area contributed by atoms with Crippen molar-refractivity contribution in [3.05, 3.63) is 129 Å². The predicted molar refractivity (Wildman–Crippen MR) is 190 cm³/mol. The predicted octanol–water partition coefficient (Wildman–Crippen LogP) is 8.93. The van der Waals surface area contributed by atoms with Crippen molar-refractivity contribution in [1.29, 1.82) is 0 Å². The zero-order valence-electron chi connectivity index (χ0n) is 26.8. The number of thioether (sulfide) groups is 1. The molecule has 0 aliphatic carbocycles. The van der Waals surface area contributed by atoms with Gasteiger partial charge in [-0.25, -0.2) is 9.07 Å². The van der Waals surface area contributed by atoms with Crippen LogP contribution in [0.2, 0.25) is 10.0 Å². The van der Waals surface area contributed by atoms with E-state index >= 15 is 0 Å². The van der Waals surface area contributed by atoms with Gasteiger partial charge in [0.15, 0.2) is 11.5 Å². The van der Waals surface area contributed by atoms with E-state index < -0.39 is 11.9 Å². The van der Waals surface area contributed by atoms with Gasteiger partial charge in [0.2, 0.25) is 11.1 Å². The second-order valence-electron chi connectivity index (χ2n) is 10.9. The molecule has 49 heavy (non-hydrogen) atoms. The highest BCUT2D eigenvalue weighted by atomic mass is 35.5. The first-order valence-corrected chi connectivity index (χ1v) is 17.1. The van der Waals surface area contributed by atoms with Crippen molar-refractivity contribution in [2.45, 2.75) is 37.4 Å². The fraction of sp³-hybridized carbons (Fsp3) is 0.194. The Labute approximate surface area is 297 Å². The van der Waals surface area contributed by atoms with Gasteiger partial charge in [0, 0.05) is 22.0 Å². The summed E-state index contributed by atoms with van der Waals surface area (Å²) in [5.74, 6) is 1.49. The number of nitrogens with one attached hydrogen (secondary N) is 2. The van der Waals surface area contributed by atoms with Crippen molar-refractivity contribution in [3.8, 4) is 17.2 Å². The number of anilines is 2. The number of carbonyl (C=O) groups excluding carboxylic acids is 1. The van der Waals surface area contributed by atoms with E-state index in [1.54, 1.807) is 42.1 Å². The molecule has 0 bridgehead atoms. The lowest BCUT2D eigenvalue weighted by Gasteiger charge is -2.29. The number of amides is 1. The van der Waals surface area contributed by atoms with Gasteiger partial charge in [0.25, 0.3) is 5.91 Å². The summed E-state index contributed by atoms with van der Waals surface area (Å²) < 4.78 is 33.7. The van der Waals surface area contributed by atoms with Crippen LogP contribution in [-0.4, -0.2) is 34.4 Å². The van der Waals surface area contributed by atoms with Crippen LogP contribution in [0.25, 0.3) is 0 Å². The van der Waals surface area contributed by atoms with Crippen LogP contribution in [0.3, 0.4) is 0 Å². The normalized spacial score (nSPS) is 13.8. The van der Waals surface area contributed by atoms with Crippen LogP contribution in [0.1, 0.15) is 36.6 Å². The molecule has 4 aromatic carbocycles. The van der Waals surface area contributed by atoms with E-state index in [9.17, 15) is 9.18 Å². The molecule has 9 nitrogen and oxygen atoms in total. The Morgan fingerprint density at radius 2 is 1.76 bits per heavy atom. The van der Waals surface area contributed by atoms with Crippen LogP contribution in [0, 0.1) is 5.82 Å². The minimum Gasteiger partial charge on any atom is -0.495 e. The van der Waals surface area contributed by atoms with E-state index in [-0.39, 0.29) is 23.1 Å². The van der Waals surface area contributed by atoms with Gasteiger partial charge in [-0.3, -0.25) is 4.79 Å². The number of nitrogens with zero attached hydrogens (tertiary/aromatic N) is 3. The molecule has 2 heterocycles. The molecule has 0 radical (unpaired) electrons. The molecule has 0 spiro atoms. The van der Waals surface area contributed by atoms with Crippen LogP contribution >= 0.6 is 35.0 Å². The van der Waals surface area contributed by atoms with E-state index in [4.69, 9.17) is 47.5 Å². The van der Waals surface area contributed by atoms with Crippen molar-refractivity contribution in [2.24, 2.45) is 0 Å². The first-order valence-electron chi connectivity index (χ1n) is 15.3. The lowest BCUT2D eigenvalue weighted by molar-refractivity contribution is -0.113.